The molecular formula is C9H9ClN2O4. The highest BCUT2D eigenvalue weighted by Gasteiger charge is 2.06. The summed E-state index contributed by atoms with van der Waals surface area (Å²) in [4.78, 5) is 25.9. The van der Waals surface area contributed by atoms with E-state index in [1.807, 2.05) is 0 Å². The first-order chi connectivity index (χ1) is 7.61. The molecule has 1 aromatic carbocycles. The molecule has 0 saturated heterocycles. The third kappa shape index (κ3) is 4.05. The molecule has 0 saturated carbocycles. The Kier molecular flexibility index (Phi) is 4.41. The molecule has 2 amide bonds. The maximum atomic E-state index is 11.0. The number of nitrogens with one attached hydrogen (secondary N) is 2. The van der Waals surface area contributed by atoms with Crippen molar-refractivity contribution >= 4 is 23.8 Å². The zero-order valence-corrected chi connectivity index (χ0v) is 9.08. The normalized spacial score (nSPS) is 9.12. The van der Waals surface area contributed by atoms with E-state index < -0.39 is 12.2 Å². The van der Waals surface area contributed by atoms with Crippen molar-refractivity contribution in [3.63, 3.8) is 0 Å². The van der Waals surface area contributed by atoms with Crippen LogP contribution in [0, 0.1) is 0 Å². The Balaban J connectivity index is 2.40. The summed E-state index contributed by atoms with van der Waals surface area (Å²) in [5.74, 6) is 0.280. The van der Waals surface area contributed by atoms with E-state index in [4.69, 9.17) is 16.3 Å². The van der Waals surface area contributed by atoms with Crippen molar-refractivity contribution in [1.82, 2.24) is 10.8 Å². The lowest BCUT2D eigenvalue weighted by molar-refractivity contribution is 0.0857. The van der Waals surface area contributed by atoms with Gasteiger partial charge in [-0.1, -0.05) is 11.6 Å². The zero-order chi connectivity index (χ0) is 12.0. The van der Waals surface area contributed by atoms with Crippen molar-refractivity contribution in [3.8, 4) is 5.75 Å². The summed E-state index contributed by atoms with van der Waals surface area (Å²) < 4.78 is 4.75. The molecule has 0 unspecified atom stereocenters. The fourth-order valence-electron chi connectivity index (χ4n) is 0.770. The third-order valence-corrected chi connectivity index (χ3v) is 1.71. The van der Waals surface area contributed by atoms with Crippen molar-refractivity contribution < 1.29 is 19.2 Å². The molecule has 0 heterocycles. The van der Waals surface area contributed by atoms with E-state index in [1.54, 1.807) is 17.6 Å². The molecule has 86 valence electrons. The van der Waals surface area contributed by atoms with E-state index in [1.165, 1.54) is 19.2 Å². The highest BCUT2D eigenvalue weighted by molar-refractivity contribution is 6.30. The van der Waals surface area contributed by atoms with Crippen molar-refractivity contribution in [3.05, 3.63) is 29.3 Å². The molecule has 1 rings (SSSR count). The van der Waals surface area contributed by atoms with Gasteiger partial charge in [0.25, 0.3) is 0 Å². The number of hydrogen-bond acceptors (Lipinski definition) is 4. The van der Waals surface area contributed by atoms with E-state index in [0.717, 1.165) is 0 Å². The Morgan fingerprint density at radius 3 is 2.38 bits per heavy atom. The average molecular weight is 245 g/mol. The standard InChI is InChI=1S/C9H9ClN2O4/c1-11-8(13)16-12-9(14)15-7-4-2-6(10)3-5-7/h2-5H,1H3,(H,11,13)(H,12,14). The second-order valence-electron chi connectivity index (χ2n) is 2.59. The van der Waals surface area contributed by atoms with Gasteiger partial charge >= 0.3 is 12.2 Å². The molecule has 0 aliphatic carbocycles. The smallest absolute Gasteiger partial charge is 0.408 e. The fourth-order valence-corrected chi connectivity index (χ4v) is 0.896. The quantitative estimate of drug-likeness (QED) is 0.737. The van der Waals surface area contributed by atoms with Crippen LogP contribution in [0.5, 0.6) is 5.75 Å². The Morgan fingerprint density at radius 1 is 1.19 bits per heavy atom. The number of carbonyl (C=O) groups is 2. The van der Waals surface area contributed by atoms with Crippen LogP contribution in [0.3, 0.4) is 0 Å². The van der Waals surface area contributed by atoms with E-state index >= 15 is 0 Å². The number of hydrogen-bond donors (Lipinski definition) is 2. The van der Waals surface area contributed by atoms with Crippen molar-refractivity contribution in [2.45, 2.75) is 0 Å². The second-order valence-corrected chi connectivity index (χ2v) is 3.02. The van der Waals surface area contributed by atoms with Gasteiger partial charge in [-0.25, -0.2) is 9.59 Å². The molecule has 6 nitrogen and oxygen atoms in total. The largest absolute Gasteiger partial charge is 0.446 e. The summed E-state index contributed by atoms with van der Waals surface area (Å²) in [7, 11) is 1.36. The van der Waals surface area contributed by atoms with E-state index in [9.17, 15) is 9.59 Å². The Labute approximate surface area is 96.4 Å². The molecule has 0 spiro atoms. The average Bonchev–Trinajstić information content (AvgIpc) is 2.29. The SMILES string of the molecule is CNC(=O)ONC(=O)Oc1ccc(Cl)cc1. The lowest BCUT2D eigenvalue weighted by Gasteiger charge is -2.05. The van der Waals surface area contributed by atoms with Gasteiger partial charge in [-0.2, -0.15) is 0 Å². The van der Waals surface area contributed by atoms with E-state index in [2.05, 4.69) is 10.2 Å². The molecular weight excluding hydrogens is 236 g/mol. The monoisotopic (exact) mass is 244 g/mol. The number of benzene rings is 1. The van der Waals surface area contributed by atoms with Gasteiger partial charge in [-0.3, -0.25) is 0 Å². The molecule has 0 aliphatic heterocycles. The molecule has 0 aliphatic rings. The van der Waals surface area contributed by atoms with Crippen LogP contribution < -0.4 is 15.5 Å². The number of rotatable bonds is 1. The zero-order valence-electron chi connectivity index (χ0n) is 8.32. The van der Waals surface area contributed by atoms with Crippen molar-refractivity contribution in [2.75, 3.05) is 7.05 Å². The van der Waals surface area contributed by atoms with E-state index in [0.29, 0.717) is 5.02 Å². The molecule has 2 N–H and O–H groups in total. The van der Waals surface area contributed by atoms with Crippen LogP contribution in [0.2, 0.25) is 5.02 Å². The minimum atomic E-state index is -0.911. The van der Waals surface area contributed by atoms with Gasteiger partial charge in [-0.05, 0) is 24.3 Å². The minimum absolute atomic E-state index is 0.280. The van der Waals surface area contributed by atoms with Gasteiger partial charge < -0.3 is 14.9 Å². The first-order valence-electron chi connectivity index (χ1n) is 4.24. The molecule has 16 heavy (non-hydrogen) atoms. The third-order valence-electron chi connectivity index (χ3n) is 1.46. The Bertz CT molecular complexity index is 380. The molecule has 7 heteroatoms. The predicted molar refractivity (Wildman–Crippen MR) is 56.2 cm³/mol. The molecule has 0 radical (unpaired) electrons. The topological polar surface area (TPSA) is 76.7 Å². The molecule has 0 bridgehead atoms. The van der Waals surface area contributed by atoms with Crippen LogP contribution in [0.4, 0.5) is 9.59 Å². The fraction of sp³-hybridized carbons (Fsp3) is 0.111. The minimum Gasteiger partial charge on any atom is -0.408 e. The first-order valence-corrected chi connectivity index (χ1v) is 4.61. The highest BCUT2D eigenvalue weighted by atomic mass is 35.5. The summed E-state index contributed by atoms with van der Waals surface area (Å²) in [6.07, 6.45) is -1.71. The lowest BCUT2D eigenvalue weighted by Crippen LogP contribution is -2.33. The second kappa shape index (κ2) is 5.82. The summed E-state index contributed by atoms with van der Waals surface area (Å²) in [6.45, 7) is 0. The van der Waals surface area contributed by atoms with Crippen LogP contribution >= 0.6 is 11.6 Å². The number of carbonyl (C=O) groups excluding carboxylic acids is 2. The summed E-state index contributed by atoms with van der Waals surface area (Å²) in [5.41, 5.74) is 1.79. The summed E-state index contributed by atoms with van der Waals surface area (Å²) >= 11 is 5.64. The van der Waals surface area contributed by atoms with Crippen molar-refractivity contribution in [2.24, 2.45) is 0 Å². The highest BCUT2D eigenvalue weighted by Crippen LogP contribution is 2.15. The van der Waals surface area contributed by atoms with E-state index in [-0.39, 0.29) is 5.75 Å². The maximum Gasteiger partial charge on any atom is 0.446 e. The van der Waals surface area contributed by atoms with Crippen LogP contribution in [-0.4, -0.2) is 19.2 Å². The Morgan fingerprint density at radius 2 is 1.81 bits per heavy atom. The van der Waals surface area contributed by atoms with Crippen LogP contribution in [0.1, 0.15) is 0 Å². The van der Waals surface area contributed by atoms with Crippen LogP contribution in [0.25, 0.3) is 0 Å². The number of halogens is 1. The van der Waals surface area contributed by atoms with Gasteiger partial charge in [0.1, 0.15) is 5.75 Å². The molecule has 0 atom stereocenters. The maximum absolute atomic E-state index is 11.0. The number of amides is 2. The summed E-state index contributed by atoms with van der Waals surface area (Å²) in [6, 6.07) is 6.12. The number of hydroxylamine groups is 1. The Hall–Kier alpha value is -1.95. The lowest BCUT2D eigenvalue weighted by atomic mass is 10.3. The van der Waals surface area contributed by atoms with Gasteiger partial charge in [0.2, 0.25) is 0 Å². The van der Waals surface area contributed by atoms with Gasteiger partial charge in [0.15, 0.2) is 0 Å². The predicted octanol–water partition coefficient (Wildman–Crippen LogP) is 1.70. The van der Waals surface area contributed by atoms with Crippen molar-refractivity contribution in [1.29, 1.82) is 0 Å². The molecule has 1 aromatic rings. The van der Waals surface area contributed by atoms with Gasteiger partial charge in [0, 0.05) is 12.1 Å². The molecule has 0 fully saturated rings. The van der Waals surface area contributed by atoms with Crippen LogP contribution in [-0.2, 0) is 4.84 Å². The first kappa shape index (κ1) is 12.1. The molecule has 0 aromatic heterocycles. The summed E-state index contributed by atoms with van der Waals surface area (Å²) in [5, 5.41) is 2.67. The van der Waals surface area contributed by atoms with Gasteiger partial charge in [-0.15, -0.1) is 5.48 Å². The van der Waals surface area contributed by atoms with Crippen LogP contribution in [0.15, 0.2) is 24.3 Å². The van der Waals surface area contributed by atoms with Gasteiger partial charge in [0.05, 0.1) is 0 Å². The number of ether oxygens (including phenoxy) is 1.